The molecule has 4 N–H and O–H groups in total. The minimum atomic E-state index is 0.340. The maximum atomic E-state index is 9.30. The molecule has 0 amide bonds. The molecular weight excluding hydrogens is 260 g/mol. The van der Waals surface area contributed by atoms with Gasteiger partial charge in [-0.1, -0.05) is 11.6 Å². The van der Waals surface area contributed by atoms with Crippen LogP contribution >= 0.6 is 0 Å². The number of rotatable bonds is 4. The van der Waals surface area contributed by atoms with Crippen molar-refractivity contribution in [2.75, 3.05) is 13.2 Å². The van der Waals surface area contributed by atoms with Gasteiger partial charge >= 0.3 is 0 Å². The van der Waals surface area contributed by atoms with E-state index in [0.717, 1.165) is 12.8 Å². The van der Waals surface area contributed by atoms with Crippen molar-refractivity contribution in [3.05, 3.63) is 35.5 Å². The molecule has 2 aromatic rings. The summed E-state index contributed by atoms with van der Waals surface area (Å²) in [7, 11) is 0. The van der Waals surface area contributed by atoms with Crippen molar-refractivity contribution in [3.63, 3.8) is 0 Å². The fourth-order valence-corrected chi connectivity index (χ4v) is 3.91. The van der Waals surface area contributed by atoms with E-state index in [-0.39, 0.29) is 0 Å². The largest absolute Gasteiger partial charge is 0.396 e. The number of H-pyrrole nitrogens is 1. The molecular formula is C18H26N2O. The summed E-state index contributed by atoms with van der Waals surface area (Å²) in [5.74, 6) is 1.59. The number of hydrogen-bond donors (Lipinski definition) is 3. The van der Waals surface area contributed by atoms with Gasteiger partial charge in [-0.3, -0.25) is 0 Å². The predicted octanol–water partition coefficient (Wildman–Crippen LogP) is 3.32. The number of aromatic nitrogens is 1. The topological polar surface area (TPSA) is 62.0 Å². The number of benzene rings is 1. The van der Waals surface area contributed by atoms with Crippen molar-refractivity contribution in [2.45, 2.75) is 38.5 Å². The lowest BCUT2D eigenvalue weighted by Crippen LogP contribution is -2.26. The van der Waals surface area contributed by atoms with Gasteiger partial charge in [0.25, 0.3) is 0 Å². The van der Waals surface area contributed by atoms with Gasteiger partial charge < -0.3 is 15.8 Å². The van der Waals surface area contributed by atoms with Gasteiger partial charge in [0.2, 0.25) is 0 Å². The Kier molecular flexibility index (Phi) is 4.32. The first-order valence-corrected chi connectivity index (χ1v) is 8.11. The Hall–Kier alpha value is -1.32. The van der Waals surface area contributed by atoms with Crippen molar-refractivity contribution in [1.82, 2.24) is 4.98 Å². The first kappa shape index (κ1) is 14.6. The van der Waals surface area contributed by atoms with Crippen LogP contribution in [0.4, 0.5) is 0 Å². The summed E-state index contributed by atoms with van der Waals surface area (Å²) in [6.07, 6.45) is 6.80. The molecule has 3 nitrogen and oxygen atoms in total. The first-order chi connectivity index (χ1) is 10.2. The first-order valence-electron chi connectivity index (χ1n) is 8.11. The van der Waals surface area contributed by atoms with Crippen molar-refractivity contribution >= 4 is 10.9 Å². The second-order valence-electron chi connectivity index (χ2n) is 6.60. The number of nitrogens with one attached hydrogen (secondary N) is 1. The summed E-state index contributed by atoms with van der Waals surface area (Å²) in [4.78, 5) is 3.39. The summed E-state index contributed by atoms with van der Waals surface area (Å²) < 4.78 is 0. The van der Waals surface area contributed by atoms with Gasteiger partial charge in [-0.05, 0) is 68.7 Å². The highest BCUT2D eigenvalue weighted by atomic mass is 16.3. The van der Waals surface area contributed by atoms with Crippen LogP contribution in [0.1, 0.15) is 42.7 Å². The second kappa shape index (κ2) is 6.20. The van der Waals surface area contributed by atoms with Crippen molar-refractivity contribution in [3.8, 4) is 0 Å². The van der Waals surface area contributed by atoms with Crippen LogP contribution in [0.2, 0.25) is 0 Å². The van der Waals surface area contributed by atoms with Crippen LogP contribution in [0, 0.1) is 18.8 Å². The lowest BCUT2D eigenvalue weighted by Gasteiger charge is -2.32. The maximum absolute atomic E-state index is 9.30. The monoisotopic (exact) mass is 286 g/mol. The van der Waals surface area contributed by atoms with E-state index >= 15 is 0 Å². The molecule has 0 radical (unpaired) electrons. The highest BCUT2D eigenvalue weighted by Gasteiger charge is 2.28. The van der Waals surface area contributed by atoms with E-state index < -0.39 is 0 Å². The maximum Gasteiger partial charge on any atom is 0.0459 e. The summed E-state index contributed by atoms with van der Waals surface area (Å²) in [6.45, 7) is 3.18. The zero-order chi connectivity index (χ0) is 14.8. The molecule has 1 aliphatic carbocycles. The molecule has 1 unspecified atom stereocenters. The van der Waals surface area contributed by atoms with Crippen molar-refractivity contribution in [2.24, 2.45) is 17.6 Å². The Morgan fingerprint density at radius 3 is 2.71 bits per heavy atom. The molecule has 1 aromatic heterocycles. The quantitative estimate of drug-likeness (QED) is 0.807. The van der Waals surface area contributed by atoms with Gasteiger partial charge in [-0.15, -0.1) is 0 Å². The third kappa shape index (κ3) is 2.85. The minimum Gasteiger partial charge on any atom is -0.396 e. The Balaban J connectivity index is 1.86. The zero-order valence-corrected chi connectivity index (χ0v) is 12.8. The summed E-state index contributed by atoms with van der Waals surface area (Å²) in [5, 5.41) is 10.6. The highest BCUT2D eigenvalue weighted by molar-refractivity contribution is 5.84. The van der Waals surface area contributed by atoms with E-state index in [9.17, 15) is 5.11 Å². The summed E-state index contributed by atoms with van der Waals surface area (Å²) >= 11 is 0. The van der Waals surface area contributed by atoms with Crippen LogP contribution in [-0.4, -0.2) is 23.2 Å². The average Bonchev–Trinajstić information content (AvgIpc) is 2.92. The SMILES string of the molecule is Cc1ccc2[nH]cc(C(CN)C3CCC(CO)CC3)c2c1. The molecule has 0 bridgehead atoms. The van der Waals surface area contributed by atoms with Gasteiger partial charge in [0.1, 0.15) is 0 Å². The van der Waals surface area contributed by atoms with Gasteiger partial charge in [0.05, 0.1) is 0 Å². The number of aliphatic hydroxyl groups is 1. The molecule has 0 spiro atoms. The fourth-order valence-electron chi connectivity index (χ4n) is 3.91. The van der Waals surface area contributed by atoms with E-state index in [1.54, 1.807) is 0 Å². The molecule has 1 aromatic carbocycles. The number of aryl methyl sites for hydroxylation is 1. The zero-order valence-electron chi connectivity index (χ0n) is 12.8. The molecule has 3 rings (SSSR count). The highest BCUT2D eigenvalue weighted by Crippen LogP contribution is 2.39. The van der Waals surface area contributed by atoms with Crippen LogP contribution in [0.25, 0.3) is 10.9 Å². The molecule has 3 heteroatoms. The molecule has 1 saturated carbocycles. The normalized spacial score (nSPS) is 24.3. The summed E-state index contributed by atoms with van der Waals surface area (Å²) in [5.41, 5.74) is 10.0. The van der Waals surface area contributed by atoms with Crippen LogP contribution in [0.15, 0.2) is 24.4 Å². The number of nitrogens with two attached hydrogens (primary N) is 1. The van der Waals surface area contributed by atoms with Crippen LogP contribution in [-0.2, 0) is 0 Å². The molecule has 114 valence electrons. The van der Waals surface area contributed by atoms with E-state index in [4.69, 9.17) is 5.73 Å². The van der Waals surface area contributed by atoms with Crippen LogP contribution in [0.5, 0.6) is 0 Å². The van der Waals surface area contributed by atoms with Crippen LogP contribution < -0.4 is 5.73 Å². The Labute approximate surface area is 126 Å². The molecule has 0 aliphatic heterocycles. The van der Waals surface area contributed by atoms with Gasteiger partial charge in [0.15, 0.2) is 0 Å². The van der Waals surface area contributed by atoms with E-state index in [1.807, 2.05) is 0 Å². The van der Waals surface area contributed by atoms with Crippen molar-refractivity contribution < 1.29 is 5.11 Å². The molecule has 21 heavy (non-hydrogen) atoms. The van der Waals surface area contributed by atoms with E-state index in [1.165, 1.54) is 34.9 Å². The number of aliphatic hydroxyl groups excluding tert-OH is 1. The average molecular weight is 286 g/mol. The number of aromatic amines is 1. The second-order valence-corrected chi connectivity index (χ2v) is 6.60. The fraction of sp³-hybridized carbons (Fsp3) is 0.556. The minimum absolute atomic E-state index is 0.340. The van der Waals surface area contributed by atoms with E-state index in [0.29, 0.717) is 30.9 Å². The van der Waals surface area contributed by atoms with Gasteiger partial charge in [0, 0.05) is 29.6 Å². The van der Waals surface area contributed by atoms with E-state index in [2.05, 4.69) is 36.3 Å². The van der Waals surface area contributed by atoms with Gasteiger partial charge in [-0.25, -0.2) is 0 Å². The van der Waals surface area contributed by atoms with Crippen molar-refractivity contribution in [1.29, 1.82) is 0 Å². The summed E-state index contributed by atoms with van der Waals surface area (Å²) in [6, 6.07) is 6.57. The Bertz CT molecular complexity index is 596. The lowest BCUT2D eigenvalue weighted by atomic mass is 9.73. The standard InChI is InChI=1S/C18H26N2O/c1-12-2-7-18-15(8-12)17(10-20-18)16(9-19)14-5-3-13(11-21)4-6-14/h2,7-8,10,13-14,16,20-21H,3-6,9,11,19H2,1H3. The lowest BCUT2D eigenvalue weighted by molar-refractivity contribution is 0.158. The van der Waals surface area contributed by atoms with Gasteiger partial charge in [-0.2, -0.15) is 0 Å². The number of fused-ring (bicyclic) bond motifs is 1. The Morgan fingerprint density at radius 2 is 2.05 bits per heavy atom. The molecule has 1 aliphatic rings. The third-order valence-corrected chi connectivity index (χ3v) is 5.24. The molecule has 1 atom stereocenters. The smallest absolute Gasteiger partial charge is 0.0459 e. The molecule has 1 heterocycles. The molecule has 0 saturated heterocycles. The third-order valence-electron chi connectivity index (χ3n) is 5.24. The molecule has 1 fully saturated rings. The van der Waals surface area contributed by atoms with Crippen LogP contribution in [0.3, 0.4) is 0 Å². The number of hydrogen-bond acceptors (Lipinski definition) is 2. The predicted molar refractivity (Wildman–Crippen MR) is 87.4 cm³/mol. The Morgan fingerprint density at radius 1 is 1.29 bits per heavy atom.